The molecule has 0 unspecified atom stereocenters. The van der Waals surface area contributed by atoms with Crippen molar-refractivity contribution < 1.29 is 17.4 Å². The Bertz CT molecular complexity index is 1720. The maximum atomic E-state index is 13.6. The van der Waals surface area contributed by atoms with Crippen molar-refractivity contribution in [1.29, 1.82) is 0 Å². The number of nitrogen functional groups attached to an aromatic ring is 1. The minimum absolute atomic E-state index is 0.331. The summed E-state index contributed by atoms with van der Waals surface area (Å²) < 4.78 is 41.4. The van der Waals surface area contributed by atoms with Crippen LogP contribution in [0.5, 0.6) is 0 Å². The van der Waals surface area contributed by atoms with E-state index in [1.807, 2.05) is 16.7 Å². The van der Waals surface area contributed by atoms with Crippen LogP contribution in [-0.4, -0.2) is 43.7 Å². The van der Waals surface area contributed by atoms with E-state index in [1.165, 1.54) is 12.1 Å². The van der Waals surface area contributed by atoms with E-state index in [4.69, 9.17) is 43.5 Å². The second-order valence-electron chi connectivity index (χ2n) is 9.16. The molecule has 0 bridgehead atoms. The van der Waals surface area contributed by atoms with Gasteiger partial charge in [-0.2, -0.15) is 8.42 Å². The number of nitrogens with two attached hydrogens (primary N) is 1. The molecule has 5 aromatic rings. The summed E-state index contributed by atoms with van der Waals surface area (Å²) in [7, 11) is -3.67. The molecule has 5 rings (SSSR count). The Balaban J connectivity index is 0.000000648. The molecule has 0 fully saturated rings. The van der Waals surface area contributed by atoms with Crippen molar-refractivity contribution in [2.45, 2.75) is 20.4 Å². The first-order valence-electron chi connectivity index (χ1n) is 11.7. The molecule has 13 heteroatoms. The summed E-state index contributed by atoms with van der Waals surface area (Å²) >= 11 is 12.9. The Labute approximate surface area is 234 Å². The van der Waals surface area contributed by atoms with E-state index in [0.717, 1.165) is 5.56 Å². The highest BCUT2D eigenvalue weighted by atomic mass is 35.5. The zero-order valence-corrected chi connectivity index (χ0v) is 23.5. The third kappa shape index (κ3) is 6.74. The minimum Gasteiger partial charge on any atom is -0.369 e. The molecule has 0 saturated heterocycles. The number of nitrogens with zero attached hydrogens (tertiary/aromatic N) is 4. The fourth-order valence-corrected chi connectivity index (χ4v) is 4.50. The van der Waals surface area contributed by atoms with Crippen molar-refractivity contribution in [3.05, 3.63) is 70.5 Å². The minimum atomic E-state index is -3.67. The number of rotatable bonds is 5. The molecule has 0 atom stereocenters. The highest BCUT2D eigenvalue weighted by molar-refractivity contribution is 7.85. The van der Waals surface area contributed by atoms with Crippen molar-refractivity contribution in [3.63, 3.8) is 0 Å². The van der Waals surface area contributed by atoms with E-state index in [9.17, 15) is 12.8 Å². The summed E-state index contributed by atoms with van der Waals surface area (Å²) in [6.45, 7) is 4.90. The van der Waals surface area contributed by atoms with Crippen molar-refractivity contribution in [2.75, 3.05) is 12.0 Å². The molecule has 0 aliphatic rings. The van der Waals surface area contributed by atoms with Gasteiger partial charge in [-0.3, -0.25) is 9.12 Å². The number of fused-ring (bicyclic) bond motifs is 1. The number of nitrogens with one attached hydrogen (secondary N) is 1. The summed E-state index contributed by atoms with van der Waals surface area (Å²) in [5.74, 6) is 0.936. The van der Waals surface area contributed by atoms with Gasteiger partial charge in [-0.1, -0.05) is 43.1 Å². The van der Waals surface area contributed by atoms with E-state index in [2.05, 4.69) is 23.8 Å². The van der Waals surface area contributed by atoms with Gasteiger partial charge < -0.3 is 10.7 Å². The normalized spacial score (nSPS) is 11.6. The maximum Gasteiger partial charge on any atom is 0.261 e. The summed E-state index contributed by atoms with van der Waals surface area (Å²) in [5.41, 5.74) is 10.7. The Morgan fingerprint density at radius 2 is 1.64 bits per heavy atom. The fraction of sp³-hybridized carbons (Fsp3) is 0.192. The predicted octanol–water partition coefficient (Wildman–Crippen LogP) is 6.34. The van der Waals surface area contributed by atoms with Crippen LogP contribution in [0.25, 0.3) is 45.2 Å². The fourth-order valence-electron chi connectivity index (χ4n) is 3.92. The predicted molar refractivity (Wildman–Crippen MR) is 153 cm³/mol. The number of H-pyrrole nitrogens is 1. The summed E-state index contributed by atoms with van der Waals surface area (Å²) in [4.78, 5) is 17.5. The molecule has 3 heterocycles. The molecule has 0 saturated carbocycles. The standard InChI is InChI=1S/C25H21Cl2FN6.CH4O3S/c1-13(2)12-34-24-19(31-25(34)29)11-10-18(30-24)22-21(14-6-8-15(28)9-7-14)32-23(33-22)20-16(26)4-3-5-17(20)27;1-5(2,3)4/h3-11,13H,12H2,1-2H3,(H2,29,31)(H,32,33);1H3,(H,2,3,4). The van der Waals surface area contributed by atoms with Gasteiger partial charge in [0.2, 0.25) is 5.95 Å². The number of aromatic amines is 1. The summed E-state index contributed by atoms with van der Waals surface area (Å²) in [5, 5.41) is 0.925. The topological polar surface area (TPSA) is 140 Å². The Morgan fingerprint density at radius 3 is 2.23 bits per heavy atom. The molecule has 9 nitrogen and oxygen atoms in total. The second kappa shape index (κ2) is 11.3. The van der Waals surface area contributed by atoms with Crippen LogP contribution in [0.15, 0.2) is 54.6 Å². The largest absolute Gasteiger partial charge is 0.369 e. The molecule has 0 aliphatic heterocycles. The van der Waals surface area contributed by atoms with E-state index in [-0.39, 0.29) is 5.82 Å². The zero-order chi connectivity index (χ0) is 28.5. The molecular weight excluding hydrogens is 566 g/mol. The molecule has 204 valence electrons. The van der Waals surface area contributed by atoms with Crippen LogP contribution in [0.3, 0.4) is 0 Å². The zero-order valence-electron chi connectivity index (χ0n) is 21.2. The van der Waals surface area contributed by atoms with Crippen molar-refractivity contribution in [3.8, 4) is 34.0 Å². The van der Waals surface area contributed by atoms with E-state index in [1.54, 1.807) is 30.3 Å². The van der Waals surface area contributed by atoms with Crippen LogP contribution in [0.2, 0.25) is 10.0 Å². The molecule has 2 aromatic carbocycles. The number of benzene rings is 2. The number of aromatic nitrogens is 5. The molecule has 3 aromatic heterocycles. The molecule has 0 spiro atoms. The lowest BCUT2D eigenvalue weighted by molar-refractivity contribution is 0.490. The van der Waals surface area contributed by atoms with E-state index >= 15 is 0 Å². The lowest BCUT2D eigenvalue weighted by Crippen LogP contribution is -2.08. The van der Waals surface area contributed by atoms with Gasteiger partial charge in [0, 0.05) is 12.1 Å². The first-order chi connectivity index (χ1) is 18.3. The average Bonchev–Trinajstić information content (AvgIpc) is 3.39. The lowest BCUT2D eigenvalue weighted by atomic mass is 10.1. The van der Waals surface area contributed by atoms with Gasteiger partial charge >= 0.3 is 0 Å². The van der Waals surface area contributed by atoms with Gasteiger partial charge in [0.05, 0.1) is 38.9 Å². The summed E-state index contributed by atoms with van der Waals surface area (Å²) in [6.07, 6.45) is 0.715. The first kappa shape index (κ1) is 28.5. The number of halogens is 3. The number of hydrogen-bond acceptors (Lipinski definition) is 6. The molecular formula is C26H25Cl2FN6O3S. The lowest BCUT2D eigenvalue weighted by Gasteiger charge is -2.09. The first-order valence-corrected chi connectivity index (χ1v) is 14.3. The highest BCUT2D eigenvalue weighted by Crippen LogP contribution is 2.38. The molecule has 39 heavy (non-hydrogen) atoms. The van der Waals surface area contributed by atoms with Gasteiger partial charge in [-0.05, 0) is 54.4 Å². The molecule has 0 radical (unpaired) electrons. The van der Waals surface area contributed by atoms with Gasteiger partial charge in [0.1, 0.15) is 17.2 Å². The number of pyridine rings is 1. The number of imidazole rings is 2. The van der Waals surface area contributed by atoms with Crippen LogP contribution in [0.4, 0.5) is 10.3 Å². The monoisotopic (exact) mass is 590 g/mol. The third-order valence-corrected chi connectivity index (χ3v) is 6.08. The van der Waals surface area contributed by atoms with Gasteiger partial charge in [0.25, 0.3) is 10.1 Å². The second-order valence-corrected chi connectivity index (χ2v) is 11.4. The maximum absolute atomic E-state index is 13.6. The van der Waals surface area contributed by atoms with Gasteiger partial charge in [0.15, 0.2) is 5.65 Å². The van der Waals surface area contributed by atoms with Crippen LogP contribution < -0.4 is 5.73 Å². The van der Waals surface area contributed by atoms with Crippen LogP contribution in [0.1, 0.15) is 13.8 Å². The van der Waals surface area contributed by atoms with Gasteiger partial charge in [-0.25, -0.2) is 19.3 Å². The Kier molecular flexibility index (Phi) is 8.26. The Morgan fingerprint density at radius 1 is 1.03 bits per heavy atom. The number of hydrogen-bond donors (Lipinski definition) is 3. The molecule has 4 N–H and O–H groups in total. The quantitative estimate of drug-likeness (QED) is 0.203. The van der Waals surface area contributed by atoms with Crippen molar-refractivity contribution >= 4 is 50.4 Å². The molecule has 0 amide bonds. The average molecular weight is 591 g/mol. The van der Waals surface area contributed by atoms with Gasteiger partial charge in [-0.15, -0.1) is 0 Å². The highest BCUT2D eigenvalue weighted by Gasteiger charge is 2.21. The van der Waals surface area contributed by atoms with Crippen LogP contribution in [-0.2, 0) is 16.7 Å². The number of anilines is 1. The summed E-state index contributed by atoms with van der Waals surface area (Å²) in [6, 6.07) is 15.1. The van der Waals surface area contributed by atoms with E-state index < -0.39 is 10.1 Å². The van der Waals surface area contributed by atoms with Crippen molar-refractivity contribution in [1.82, 2.24) is 24.5 Å². The smallest absolute Gasteiger partial charge is 0.261 e. The SMILES string of the molecule is CC(C)Cn1c(N)nc2ccc(-c3[nH]c(-c4c(Cl)cccc4Cl)nc3-c3ccc(F)cc3)nc21.CS(=O)(=O)O. The van der Waals surface area contributed by atoms with E-state index in [0.29, 0.717) is 74.3 Å². The third-order valence-electron chi connectivity index (χ3n) is 5.45. The Hall–Kier alpha value is -3.51. The van der Waals surface area contributed by atoms with Crippen LogP contribution in [0, 0.1) is 11.7 Å². The van der Waals surface area contributed by atoms with Crippen LogP contribution >= 0.6 is 23.2 Å². The van der Waals surface area contributed by atoms with Crippen molar-refractivity contribution in [2.24, 2.45) is 5.92 Å². The molecule has 0 aliphatic carbocycles.